The number of nitrogens with one attached hydrogen (secondary N) is 1. The number of rotatable bonds is 6. The molecule has 0 bridgehead atoms. The van der Waals surface area contributed by atoms with E-state index in [1.54, 1.807) is 27.1 Å². The van der Waals surface area contributed by atoms with Crippen LogP contribution in [-0.2, 0) is 24.1 Å². The molecule has 0 amide bonds. The molecule has 1 atom stereocenters. The molecule has 0 radical (unpaired) electrons. The van der Waals surface area contributed by atoms with Crippen molar-refractivity contribution >= 4 is 33.5 Å². The average Bonchev–Trinajstić information content (AvgIpc) is 2.70. The third kappa shape index (κ3) is 4.25. The molecule has 2 rings (SSSR count). The largest absolute Gasteiger partial charge is 0.329 e. The van der Waals surface area contributed by atoms with Crippen molar-refractivity contribution in [1.29, 1.82) is 0 Å². The lowest BCUT2D eigenvalue weighted by atomic mass is 9.92. The van der Waals surface area contributed by atoms with E-state index in [1.807, 2.05) is 13.8 Å². The van der Waals surface area contributed by atoms with E-state index in [1.165, 1.54) is 21.3 Å². The first-order valence-corrected chi connectivity index (χ1v) is 9.38. The fourth-order valence-electron chi connectivity index (χ4n) is 3.10. The molecule has 0 saturated heterocycles. The van der Waals surface area contributed by atoms with Gasteiger partial charge in [-0.25, -0.2) is 17.9 Å². The van der Waals surface area contributed by atoms with Crippen LogP contribution in [0.1, 0.15) is 27.2 Å². The number of hydrogen-bond donors (Lipinski definition) is 2. The van der Waals surface area contributed by atoms with Crippen molar-refractivity contribution < 1.29 is 8.42 Å². The summed E-state index contributed by atoms with van der Waals surface area (Å²) in [5.41, 5.74) is 6.15. The molecule has 0 aliphatic rings. The van der Waals surface area contributed by atoms with Gasteiger partial charge in [0.1, 0.15) is 0 Å². The van der Waals surface area contributed by atoms with E-state index in [0.717, 1.165) is 0 Å². The Morgan fingerprint density at radius 1 is 1.20 bits per heavy atom. The minimum atomic E-state index is -3.74. The van der Waals surface area contributed by atoms with Crippen molar-refractivity contribution in [3.05, 3.63) is 28.7 Å². The Bertz CT molecular complexity index is 917. The Kier molecular flexibility index (Phi) is 6.50. The van der Waals surface area contributed by atoms with Gasteiger partial charge >= 0.3 is 5.69 Å². The van der Waals surface area contributed by atoms with E-state index in [0.29, 0.717) is 23.4 Å². The number of fused-ring (bicyclic) bond motifs is 1. The van der Waals surface area contributed by atoms with Gasteiger partial charge < -0.3 is 5.73 Å². The van der Waals surface area contributed by atoms with Crippen molar-refractivity contribution in [2.45, 2.75) is 37.6 Å². The molecule has 1 heterocycles. The number of hydrogen-bond acceptors (Lipinski definition) is 4. The lowest BCUT2D eigenvalue weighted by Gasteiger charge is -2.30. The summed E-state index contributed by atoms with van der Waals surface area (Å²) >= 11 is 0. The van der Waals surface area contributed by atoms with E-state index in [4.69, 9.17) is 5.73 Å². The number of imidazole rings is 1. The lowest BCUT2D eigenvalue weighted by molar-refractivity contribution is 0.344. The zero-order valence-corrected chi connectivity index (χ0v) is 16.9. The van der Waals surface area contributed by atoms with Crippen LogP contribution in [-0.4, -0.2) is 29.6 Å². The van der Waals surface area contributed by atoms with Crippen molar-refractivity contribution in [2.24, 2.45) is 25.7 Å². The summed E-state index contributed by atoms with van der Waals surface area (Å²) in [6, 6.07) is 4.68. The number of sulfonamides is 1. The van der Waals surface area contributed by atoms with Gasteiger partial charge in [-0.15, -0.1) is 12.4 Å². The first-order valence-electron chi connectivity index (χ1n) is 7.90. The van der Waals surface area contributed by atoms with Gasteiger partial charge in [0, 0.05) is 26.2 Å². The maximum absolute atomic E-state index is 12.8. The molecule has 2 aromatic rings. The topological polar surface area (TPSA) is 99.1 Å². The highest BCUT2D eigenvalue weighted by Crippen LogP contribution is 2.22. The fourth-order valence-corrected chi connectivity index (χ4v) is 4.55. The van der Waals surface area contributed by atoms with Crippen molar-refractivity contribution in [1.82, 2.24) is 13.9 Å². The maximum atomic E-state index is 12.8. The molecule has 0 saturated carbocycles. The molecule has 25 heavy (non-hydrogen) atoms. The molecule has 9 heteroatoms. The second-order valence-corrected chi connectivity index (χ2v) is 8.70. The Morgan fingerprint density at radius 3 is 2.28 bits per heavy atom. The van der Waals surface area contributed by atoms with Crippen LogP contribution in [0.2, 0.25) is 0 Å². The van der Waals surface area contributed by atoms with Crippen LogP contribution in [0, 0.1) is 5.92 Å². The molecule has 7 nitrogen and oxygen atoms in total. The predicted octanol–water partition coefficient (Wildman–Crippen LogP) is 1.34. The van der Waals surface area contributed by atoms with Gasteiger partial charge in [-0.2, -0.15) is 0 Å². The highest BCUT2D eigenvalue weighted by molar-refractivity contribution is 7.89. The minimum absolute atomic E-state index is 0. The zero-order valence-electron chi connectivity index (χ0n) is 15.2. The summed E-state index contributed by atoms with van der Waals surface area (Å²) in [5.74, 6) is 0.304. The molecule has 0 fully saturated rings. The van der Waals surface area contributed by atoms with E-state index in [9.17, 15) is 13.2 Å². The number of nitrogens with zero attached hydrogens (tertiary/aromatic N) is 2. The Balaban J connectivity index is 0.00000312. The first-order chi connectivity index (χ1) is 11.0. The molecular formula is C16H27ClN4O3S. The van der Waals surface area contributed by atoms with Crippen molar-refractivity contribution in [3.63, 3.8) is 0 Å². The average molecular weight is 391 g/mol. The molecule has 1 aromatic heterocycles. The molecule has 3 N–H and O–H groups in total. The number of aryl methyl sites for hydroxylation is 2. The summed E-state index contributed by atoms with van der Waals surface area (Å²) in [6.45, 7) is 6.06. The fraction of sp³-hybridized carbons (Fsp3) is 0.562. The summed E-state index contributed by atoms with van der Waals surface area (Å²) < 4.78 is 31.2. The quantitative estimate of drug-likeness (QED) is 0.777. The standard InChI is InChI=1S/C16H26N4O3S.ClH/c1-11(2)9-16(3,10-17)18-24(22,23)12-6-7-13-14(8-12)20(5)15(21)19(13)4;/h6-8,11,18H,9-10,17H2,1-5H3;1H. The van der Waals surface area contributed by atoms with Crippen LogP contribution < -0.4 is 16.1 Å². The van der Waals surface area contributed by atoms with Gasteiger partial charge in [0.05, 0.1) is 15.9 Å². The van der Waals surface area contributed by atoms with Crippen LogP contribution in [0.3, 0.4) is 0 Å². The van der Waals surface area contributed by atoms with Gasteiger partial charge in [-0.05, 0) is 37.5 Å². The van der Waals surface area contributed by atoms with Crippen molar-refractivity contribution in [3.8, 4) is 0 Å². The van der Waals surface area contributed by atoms with E-state index >= 15 is 0 Å². The highest BCUT2D eigenvalue weighted by Gasteiger charge is 2.30. The molecule has 0 aliphatic heterocycles. The third-order valence-electron chi connectivity index (χ3n) is 4.24. The SMILES string of the molecule is CC(C)CC(C)(CN)NS(=O)(=O)c1ccc2c(c1)n(C)c(=O)n2C.Cl. The van der Waals surface area contributed by atoms with Crippen LogP contribution in [0.15, 0.2) is 27.9 Å². The summed E-state index contributed by atoms with van der Waals surface area (Å²) in [7, 11) is -0.462. The van der Waals surface area contributed by atoms with Gasteiger partial charge in [-0.1, -0.05) is 13.8 Å². The zero-order chi connectivity index (χ0) is 18.3. The van der Waals surface area contributed by atoms with Gasteiger partial charge in [0.25, 0.3) is 0 Å². The maximum Gasteiger partial charge on any atom is 0.328 e. The van der Waals surface area contributed by atoms with Crippen LogP contribution in [0.4, 0.5) is 0 Å². The predicted molar refractivity (Wildman–Crippen MR) is 103 cm³/mol. The number of nitrogens with two attached hydrogens (primary N) is 1. The lowest BCUT2D eigenvalue weighted by Crippen LogP contribution is -2.51. The first kappa shape index (κ1) is 21.7. The normalized spacial score (nSPS) is 14.5. The molecule has 1 unspecified atom stereocenters. The van der Waals surface area contributed by atoms with Crippen LogP contribution in [0.25, 0.3) is 11.0 Å². The van der Waals surface area contributed by atoms with Crippen LogP contribution >= 0.6 is 12.4 Å². The number of benzene rings is 1. The van der Waals surface area contributed by atoms with Gasteiger partial charge in [0.15, 0.2) is 0 Å². The molecule has 0 aliphatic carbocycles. The second-order valence-electron chi connectivity index (χ2n) is 7.02. The molecule has 0 spiro atoms. The highest BCUT2D eigenvalue weighted by atomic mass is 35.5. The molecular weight excluding hydrogens is 364 g/mol. The Morgan fingerprint density at radius 2 is 1.76 bits per heavy atom. The van der Waals surface area contributed by atoms with E-state index in [2.05, 4.69) is 4.72 Å². The summed E-state index contributed by atoms with van der Waals surface area (Å²) in [6.07, 6.45) is 0.634. The minimum Gasteiger partial charge on any atom is -0.329 e. The van der Waals surface area contributed by atoms with Gasteiger partial charge in [0.2, 0.25) is 10.0 Å². The van der Waals surface area contributed by atoms with E-state index < -0.39 is 15.6 Å². The van der Waals surface area contributed by atoms with Gasteiger partial charge in [-0.3, -0.25) is 9.13 Å². The molecule has 142 valence electrons. The Labute approximate surface area is 154 Å². The monoisotopic (exact) mass is 390 g/mol. The van der Waals surface area contributed by atoms with Crippen molar-refractivity contribution in [2.75, 3.05) is 6.54 Å². The second kappa shape index (κ2) is 7.49. The number of halogens is 1. The number of aromatic nitrogens is 2. The summed E-state index contributed by atoms with van der Waals surface area (Å²) in [5, 5.41) is 0. The van der Waals surface area contributed by atoms with E-state index in [-0.39, 0.29) is 29.5 Å². The third-order valence-corrected chi connectivity index (χ3v) is 5.88. The smallest absolute Gasteiger partial charge is 0.328 e. The van der Waals surface area contributed by atoms with Crippen LogP contribution in [0.5, 0.6) is 0 Å². The molecule has 1 aromatic carbocycles. The summed E-state index contributed by atoms with van der Waals surface area (Å²) in [4.78, 5) is 12.1. The Hall–Kier alpha value is -1.35.